The fourth-order valence-electron chi connectivity index (χ4n) is 3.16. The molecule has 3 N–H and O–H groups in total. The monoisotopic (exact) mass is 355 g/mol. The van der Waals surface area contributed by atoms with Gasteiger partial charge in [-0.25, -0.2) is 0 Å². The third-order valence-corrected chi connectivity index (χ3v) is 4.55. The summed E-state index contributed by atoms with van der Waals surface area (Å²) < 4.78 is 5.60. The first-order chi connectivity index (χ1) is 12.6. The molecule has 1 unspecified atom stereocenters. The number of aliphatic hydroxyl groups is 1. The van der Waals surface area contributed by atoms with Gasteiger partial charge in [0.15, 0.2) is 0 Å². The summed E-state index contributed by atoms with van der Waals surface area (Å²) in [6.07, 6.45) is -0.626. The van der Waals surface area contributed by atoms with Crippen LogP contribution in [0, 0.1) is 0 Å². The van der Waals surface area contributed by atoms with Gasteiger partial charge in [-0.2, -0.15) is 0 Å². The number of hydrogen-bond acceptors (Lipinski definition) is 5. The Morgan fingerprint density at radius 2 is 1.69 bits per heavy atom. The van der Waals surface area contributed by atoms with Gasteiger partial charge in [-0.15, -0.1) is 0 Å². The van der Waals surface area contributed by atoms with E-state index in [1.807, 2.05) is 18.2 Å². The van der Waals surface area contributed by atoms with Gasteiger partial charge >= 0.3 is 0 Å². The van der Waals surface area contributed by atoms with Crippen molar-refractivity contribution in [2.75, 3.05) is 44.2 Å². The lowest BCUT2D eigenvalue weighted by atomic mass is 10.2. The molecule has 0 aliphatic carbocycles. The molecule has 6 heteroatoms. The number of piperazine rings is 1. The van der Waals surface area contributed by atoms with Crippen LogP contribution >= 0.6 is 0 Å². The summed E-state index contributed by atoms with van der Waals surface area (Å²) >= 11 is 0. The molecule has 26 heavy (non-hydrogen) atoms. The normalized spacial score (nSPS) is 16.3. The van der Waals surface area contributed by atoms with Crippen LogP contribution in [0.4, 0.5) is 5.69 Å². The van der Waals surface area contributed by atoms with E-state index >= 15 is 0 Å². The van der Waals surface area contributed by atoms with Crippen molar-refractivity contribution in [2.24, 2.45) is 5.73 Å². The zero-order valence-corrected chi connectivity index (χ0v) is 14.8. The number of carbonyl (C=O) groups is 1. The number of nitrogens with zero attached hydrogens (tertiary/aromatic N) is 2. The maximum absolute atomic E-state index is 11.4. The molecule has 1 saturated heterocycles. The van der Waals surface area contributed by atoms with E-state index in [-0.39, 0.29) is 6.61 Å². The second kappa shape index (κ2) is 8.69. The van der Waals surface area contributed by atoms with Crippen molar-refractivity contribution in [3.05, 3.63) is 60.2 Å². The second-order valence-electron chi connectivity index (χ2n) is 6.45. The average molecular weight is 355 g/mol. The second-order valence-corrected chi connectivity index (χ2v) is 6.45. The van der Waals surface area contributed by atoms with Crippen molar-refractivity contribution in [1.82, 2.24) is 4.90 Å². The molecular weight excluding hydrogens is 330 g/mol. The Balaban J connectivity index is 1.45. The van der Waals surface area contributed by atoms with Crippen molar-refractivity contribution in [1.29, 1.82) is 0 Å². The largest absolute Gasteiger partial charge is 0.490 e. The van der Waals surface area contributed by atoms with Gasteiger partial charge in [0.2, 0.25) is 0 Å². The summed E-state index contributed by atoms with van der Waals surface area (Å²) in [6, 6.07) is 17.2. The van der Waals surface area contributed by atoms with E-state index < -0.39 is 12.0 Å². The minimum atomic E-state index is -0.626. The molecule has 6 nitrogen and oxygen atoms in total. The van der Waals surface area contributed by atoms with Gasteiger partial charge in [0.1, 0.15) is 18.5 Å². The minimum absolute atomic E-state index is 0.128. The molecule has 2 aromatic rings. The molecule has 1 heterocycles. The summed E-state index contributed by atoms with van der Waals surface area (Å²) in [4.78, 5) is 16.0. The zero-order chi connectivity index (χ0) is 18.4. The summed E-state index contributed by atoms with van der Waals surface area (Å²) in [6.45, 7) is 4.32. The van der Waals surface area contributed by atoms with Gasteiger partial charge in [0.05, 0.1) is 5.56 Å². The Kier molecular flexibility index (Phi) is 6.09. The molecule has 0 aromatic heterocycles. The molecule has 0 bridgehead atoms. The molecular formula is C20H25N3O3. The Bertz CT molecular complexity index is 715. The molecule has 1 atom stereocenters. The lowest BCUT2D eigenvalue weighted by Crippen LogP contribution is -2.49. The van der Waals surface area contributed by atoms with Gasteiger partial charge in [-0.3, -0.25) is 9.69 Å². The molecule has 3 rings (SSSR count). The fourth-order valence-corrected chi connectivity index (χ4v) is 3.16. The molecule has 1 fully saturated rings. The first-order valence-electron chi connectivity index (χ1n) is 8.85. The van der Waals surface area contributed by atoms with Crippen molar-refractivity contribution in [2.45, 2.75) is 6.10 Å². The topological polar surface area (TPSA) is 79.0 Å². The Morgan fingerprint density at radius 1 is 1.04 bits per heavy atom. The SMILES string of the molecule is NC(=O)c1ccccc1OCC(O)CN1CCN(c2ccccc2)CC1. The number of amides is 1. The maximum Gasteiger partial charge on any atom is 0.252 e. The van der Waals surface area contributed by atoms with Gasteiger partial charge in [0, 0.05) is 38.4 Å². The lowest BCUT2D eigenvalue weighted by Gasteiger charge is -2.36. The van der Waals surface area contributed by atoms with Crippen molar-refractivity contribution in [3.63, 3.8) is 0 Å². The highest BCUT2D eigenvalue weighted by Gasteiger charge is 2.20. The quantitative estimate of drug-likeness (QED) is 0.784. The molecule has 1 aliphatic rings. The van der Waals surface area contributed by atoms with Gasteiger partial charge < -0.3 is 20.5 Å². The number of primary amides is 1. The minimum Gasteiger partial charge on any atom is -0.490 e. The molecule has 0 saturated carbocycles. The number of anilines is 1. The molecule has 1 amide bonds. The van der Waals surface area contributed by atoms with E-state index in [4.69, 9.17) is 10.5 Å². The van der Waals surface area contributed by atoms with Crippen LogP contribution in [0.5, 0.6) is 5.75 Å². The van der Waals surface area contributed by atoms with Gasteiger partial charge in [-0.05, 0) is 24.3 Å². The number of ether oxygens (including phenoxy) is 1. The van der Waals surface area contributed by atoms with Crippen LogP contribution in [0.25, 0.3) is 0 Å². The Labute approximate surface area is 153 Å². The van der Waals surface area contributed by atoms with Gasteiger partial charge in [-0.1, -0.05) is 30.3 Å². The smallest absolute Gasteiger partial charge is 0.252 e. The molecule has 0 spiro atoms. The number of nitrogens with two attached hydrogens (primary N) is 1. The predicted octanol–water partition coefficient (Wildman–Crippen LogP) is 1.35. The zero-order valence-electron chi connectivity index (χ0n) is 14.8. The van der Waals surface area contributed by atoms with Crippen LogP contribution in [0.3, 0.4) is 0 Å². The van der Waals surface area contributed by atoms with Crippen LogP contribution in [0.1, 0.15) is 10.4 Å². The van der Waals surface area contributed by atoms with E-state index in [2.05, 4.69) is 21.9 Å². The summed E-state index contributed by atoms with van der Waals surface area (Å²) in [5.41, 5.74) is 6.90. The van der Waals surface area contributed by atoms with E-state index in [0.717, 1.165) is 26.2 Å². The Hall–Kier alpha value is -2.57. The molecule has 1 aliphatic heterocycles. The number of β-amino-alcohol motifs (C(OH)–C–C–N with tert-alkyl or cyclic N) is 1. The summed E-state index contributed by atoms with van der Waals surface area (Å²) in [5.74, 6) is -0.125. The van der Waals surface area contributed by atoms with Crippen molar-refractivity contribution < 1.29 is 14.6 Å². The number of aliphatic hydroxyl groups excluding tert-OH is 1. The number of hydrogen-bond donors (Lipinski definition) is 2. The first kappa shape index (κ1) is 18.2. The highest BCUT2D eigenvalue weighted by Crippen LogP contribution is 2.18. The summed E-state index contributed by atoms with van der Waals surface area (Å²) in [7, 11) is 0. The lowest BCUT2D eigenvalue weighted by molar-refractivity contribution is 0.0656. The molecule has 138 valence electrons. The highest BCUT2D eigenvalue weighted by atomic mass is 16.5. The van der Waals surface area contributed by atoms with Crippen molar-refractivity contribution >= 4 is 11.6 Å². The van der Waals surface area contributed by atoms with Crippen LogP contribution in [-0.2, 0) is 0 Å². The highest BCUT2D eigenvalue weighted by molar-refractivity contribution is 5.95. The third-order valence-electron chi connectivity index (χ3n) is 4.55. The average Bonchev–Trinajstić information content (AvgIpc) is 2.68. The van der Waals surface area contributed by atoms with Crippen LogP contribution in [0.15, 0.2) is 54.6 Å². The van der Waals surface area contributed by atoms with Gasteiger partial charge in [0.25, 0.3) is 5.91 Å². The molecule has 0 radical (unpaired) electrons. The van der Waals surface area contributed by atoms with E-state index in [9.17, 15) is 9.90 Å². The maximum atomic E-state index is 11.4. The first-order valence-corrected chi connectivity index (χ1v) is 8.85. The molecule has 2 aromatic carbocycles. The Morgan fingerprint density at radius 3 is 2.38 bits per heavy atom. The van der Waals surface area contributed by atoms with E-state index in [1.165, 1.54) is 5.69 Å². The van der Waals surface area contributed by atoms with Crippen LogP contribution in [-0.4, -0.2) is 61.3 Å². The van der Waals surface area contributed by atoms with Crippen LogP contribution in [0.2, 0.25) is 0 Å². The number of para-hydroxylation sites is 2. The fraction of sp³-hybridized carbons (Fsp3) is 0.350. The number of benzene rings is 2. The van der Waals surface area contributed by atoms with E-state index in [0.29, 0.717) is 17.9 Å². The van der Waals surface area contributed by atoms with Crippen molar-refractivity contribution in [3.8, 4) is 5.75 Å². The van der Waals surface area contributed by atoms with E-state index in [1.54, 1.807) is 24.3 Å². The summed E-state index contributed by atoms with van der Waals surface area (Å²) in [5, 5.41) is 10.3. The third kappa shape index (κ3) is 4.74. The number of rotatable bonds is 7. The standard InChI is InChI=1S/C20H25N3O3/c21-20(25)18-8-4-5-9-19(18)26-15-17(24)14-22-10-12-23(13-11-22)16-6-2-1-3-7-16/h1-9,17,24H,10-15H2,(H2,21,25). The van der Waals surface area contributed by atoms with Crippen LogP contribution < -0.4 is 15.4 Å². The number of carbonyl (C=O) groups excluding carboxylic acids is 1. The predicted molar refractivity (Wildman–Crippen MR) is 102 cm³/mol.